The summed E-state index contributed by atoms with van der Waals surface area (Å²) >= 11 is 0. The van der Waals surface area contributed by atoms with Gasteiger partial charge in [0.15, 0.2) is 0 Å². The zero-order valence-corrected chi connectivity index (χ0v) is 15.8. The number of nitrogens with one attached hydrogen (secondary N) is 1. The molecule has 150 valence electrons. The maximum Gasteiger partial charge on any atom is 0.416 e. The van der Waals surface area contributed by atoms with E-state index in [2.05, 4.69) is 24.1 Å². The first-order chi connectivity index (χ1) is 12.8. The zero-order chi connectivity index (χ0) is 19.6. The van der Waals surface area contributed by atoms with Crippen molar-refractivity contribution in [2.75, 3.05) is 50.7 Å². The Morgan fingerprint density at radius 1 is 1.15 bits per heavy atom. The lowest BCUT2D eigenvalue weighted by Gasteiger charge is -2.41. The molecule has 0 radical (unpaired) electrons. The van der Waals surface area contributed by atoms with Crippen LogP contribution in [0.5, 0.6) is 0 Å². The van der Waals surface area contributed by atoms with Crippen molar-refractivity contribution in [1.82, 2.24) is 15.1 Å². The number of anilines is 1. The van der Waals surface area contributed by atoms with Gasteiger partial charge in [0.05, 0.1) is 11.6 Å². The number of benzene rings is 1. The fourth-order valence-electron chi connectivity index (χ4n) is 3.69. The lowest BCUT2D eigenvalue weighted by atomic mass is 10.1. The van der Waals surface area contributed by atoms with Gasteiger partial charge < -0.3 is 15.1 Å². The van der Waals surface area contributed by atoms with Crippen LogP contribution < -0.4 is 10.2 Å². The van der Waals surface area contributed by atoms with E-state index in [1.165, 1.54) is 12.1 Å². The third-order valence-corrected chi connectivity index (χ3v) is 5.37. The second-order valence-corrected chi connectivity index (χ2v) is 7.46. The quantitative estimate of drug-likeness (QED) is 0.866. The number of hydrogen-bond donors (Lipinski definition) is 1. The van der Waals surface area contributed by atoms with Crippen LogP contribution in [0, 0.1) is 0 Å². The fraction of sp³-hybridized carbons (Fsp3) is 0.632. The van der Waals surface area contributed by atoms with Gasteiger partial charge in [0.1, 0.15) is 0 Å². The molecule has 0 spiro atoms. The number of piperazine rings is 2. The van der Waals surface area contributed by atoms with Crippen molar-refractivity contribution in [3.8, 4) is 0 Å². The third-order valence-electron chi connectivity index (χ3n) is 5.37. The molecule has 2 fully saturated rings. The van der Waals surface area contributed by atoms with Crippen LogP contribution in [0.2, 0.25) is 0 Å². The highest BCUT2D eigenvalue weighted by Gasteiger charge is 2.33. The Morgan fingerprint density at radius 3 is 2.48 bits per heavy atom. The Bertz CT molecular complexity index is 657. The number of carbonyl (C=O) groups excluding carboxylic acids is 1. The molecule has 1 N–H and O–H groups in total. The monoisotopic (exact) mass is 384 g/mol. The van der Waals surface area contributed by atoms with Crippen molar-refractivity contribution >= 4 is 11.6 Å². The average molecular weight is 384 g/mol. The molecule has 0 aromatic heterocycles. The van der Waals surface area contributed by atoms with Crippen molar-refractivity contribution in [3.63, 3.8) is 0 Å². The minimum Gasteiger partial charge on any atom is -0.368 e. The molecule has 2 heterocycles. The van der Waals surface area contributed by atoms with Crippen LogP contribution in [0.1, 0.15) is 19.4 Å². The molecule has 1 aromatic rings. The molecule has 2 saturated heterocycles. The van der Waals surface area contributed by atoms with Gasteiger partial charge >= 0.3 is 6.18 Å². The van der Waals surface area contributed by atoms with Gasteiger partial charge in [0.25, 0.3) is 0 Å². The lowest BCUT2D eigenvalue weighted by molar-refractivity contribution is -0.137. The Kier molecular flexibility index (Phi) is 5.95. The van der Waals surface area contributed by atoms with Crippen molar-refractivity contribution in [1.29, 1.82) is 0 Å². The summed E-state index contributed by atoms with van der Waals surface area (Å²) in [4.78, 5) is 18.8. The molecule has 0 aliphatic carbocycles. The highest BCUT2D eigenvalue weighted by molar-refractivity contribution is 5.82. The van der Waals surface area contributed by atoms with Crippen molar-refractivity contribution in [3.05, 3.63) is 29.8 Å². The summed E-state index contributed by atoms with van der Waals surface area (Å²) in [6, 6.07) is 5.58. The van der Waals surface area contributed by atoms with Crippen LogP contribution in [0.25, 0.3) is 0 Å². The van der Waals surface area contributed by atoms with E-state index >= 15 is 0 Å². The summed E-state index contributed by atoms with van der Waals surface area (Å²) in [5, 5.41) is 3.30. The summed E-state index contributed by atoms with van der Waals surface area (Å²) in [7, 11) is 0. The van der Waals surface area contributed by atoms with Gasteiger partial charge in [-0.05, 0) is 32.0 Å². The second kappa shape index (κ2) is 8.06. The maximum absolute atomic E-state index is 12.9. The molecule has 2 aliphatic heterocycles. The summed E-state index contributed by atoms with van der Waals surface area (Å²) in [5.41, 5.74) is -0.0858. The zero-order valence-electron chi connectivity index (χ0n) is 15.8. The number of hydrogen-bond acceptors (Lipinski definition) is 4. The van der Waals surface area contributed by atoms with Gasteiger partial charge in [0.2, 0.25) is 5.91 Å². The van der Waals surface area contributed by atoms with Crippen molar-refractivity contribution in [2.45, 2.75) is 32.1 Å². The van der Waals surface area contributed by atoms with E-state index in [-0.39, 0.29) is 11.9 Å². The van der Waals surface area contributed by atoms with E-state index in [9.17, 15) is 18.0 Å². The topological polar surface area (TPSA) is 38.8 Å². The van der Waals surface area contributed by atoms with Gasteiger partial charge in [-0.1, -0.05) is 6.07 Å². The highest BCUT2D eigenvalue weighted by atomic mass is 19.4. The summed E-state index contributed by atoms with van der Waals surface area (Å²) in [5.74, 6) is 0.0871. The molecule has 1 atom stereocenters. The number of carbonyl (C=O) groups is 1. The standard InChI is InChI=1S/C19H27F3N4O/c1-14(2)26-7-6-23-17(13-26)18(27)25-10-8-24(9-11-25)16-5-3-4-15(12-16)19(20,21)22/h3-5,12,14,17,23H,6-11,13H2,1-2H3/t17-/m1/s1. The molecule has 3 rings (SSSR count). The fourth-order valence-corrected chi connectivity index (χ4v) is 3.69. The summed E-state index contributed by atoms with van der Waals surface area (Å²) in [6.07, 6.45) is -4.34. The first-order valence-corrected chi connectivity index (χ1v) is 9.44. The summed E-state index contributed by atoms with van der Waals surface area (Å²) < 4.78 is 38.7. The Balaban J connectivity index is 1.58. The molecular weight excluding hydrogens is 357 g/mol. The molecule has 5 nitrogen and oxygen atoms in total. The number of rotatable bonds is 3. The molecule has 0 bridgehead atoms. The average Bonchev–Trinajstić information content (AvgIpc) is 2.67. The van der Waals surface area contributed by atoms with Crippen molar-refractivity contribution < 1.29 is 18.0 Å². The van der Waals surface area contributed by atoms with Gasteiger partial charge in [-0.3, -0.25) is 9.69 Å². The summed E-state index contributed by atoms with van der Waals surface area (Å²) in [6.45, 7) is 8.79. The molecule has 2 aliphatic rings. The minimum absolute atomic E-state index is 0.0871. The van der Waals surface area contributed by atoms with E-state index in [0.717, 1.165) is 19.2 Å². The Morgan fingerprint density at radius 2 is 1.85 bits per heavy atom. The minimum atomic E-state index is -4.34. The van der Waals surface area contributed by atoms with E-state index < -0.39 is 11.7 Å². The molecule has 1 aromatic carbocycles. The highest BCUT2D eigenvalue weighted by Crippen LogP contribution is 2.31. The van der Waals surface area contributed by atoms with Crippen LogP contribution in [-0.4, -0.2) is 73.6 Å². The predicted molar refractivity (Wildman–Crippen MR) is 98.7 cm³/mol. The maximum atomic E-state index is 12.9. The largest absolute Gasteiger partial charge is 0.416 e. The molecule has 0 saturated carbocycles. The van der Waals surface area contributed by atoms with E-state index in [1.807, 2.05) is 9.80 Å². The first kappa shape index (κ1) is 19.9. The first-order valence-electron chi connectivity index (χ1n) is 9.44. The smallest absolute Gasteiger partial charge is 0.368 e. The Labute approximate surface area is 158 Å². The lowest BCUT2D eigenvalue weighted by Crippen LogP contribution is -2.61. The molecular formula is C19H27F3N4O. The third kappa shape index (κ3) is 4.73. The second-order valence-electron chi connectivity index (χ2n) is 7.46. The number of amides is 1. The molecule has 27 heavy (non-hydrogen) atoms. The SMILES string of the molecule is CC(C)N1CCN[C@@H](C(=O)N2CCN(c3cccc(C(F)(F)F)c3)CC2)C1. The van der Waals surface area contributed by atoms with Crippen LogP contribution in [0.15, 0.2) is 24.3 Å². The van der Waals surface area contributed by atoms with E-state index in [0.29, 0.717) is 44.5 Å². The number of alkyl halides is 3. The predicted octanol–water partition coefficient (Wildman–Crippen LogP) is 2.04. The van der Waals surface area contributed by atoms with E-state index in [1.54, 1.807) is 6.07 Å². The van der Waals surface area contributed by atoms with Crippen LogP contribution in [0.4, 0.5) is 18.9 Å². The van der Waals surface area contributed by atoms with E-state index in [4.69, 9.17) is 0 Å². The number of nitrogens with zero attached hydrogens (tertiary/aromatic N) is 3. The molecule has 8 heteroatoms. The van der Waals surface area contributed by atoms with Crippen LogP contribution in [0.3, 0.4) is 0 Å². The Hall–Kier alpha value is -1.80. The van der Waals surface area contributed by atoms with Gasteiger partial charge in [-0.2, -0.15) is 13.2 Å². The van der Waals surface area contributed by atoms with Gasteiger partial charge in [0, 0.05) is 57.5 Å². The van der Waals surface area contributed by atoms with Crippen molar-refractivity contribution in [2.24, 2.45) is 0 Å². The van der Waals surface area contributed by atoms with Gasteiger partial charge in [-0.25, -0.2) is 0 Å². The molecule has 0 unspecified atom stereocenters. The van der Waals surface area contributed by atoms with Crippen LogP contribution >= 0.6 is 0 Å². The molecule has 1 amide bonds. The normalized spacial score (nSPS) is 22.4. The number of halogens is 3. The van der Waals surface area contributed by atoms with Gasteiger partial charge in [-0.15, -0.1) is 0 Å². The van der Waals surface area contributed by atoms with Crippen LogP contribution in [-0.2, 0) is 11.0 Å².